The fourth-order valence-electron chi connectivity index (χ4n) is 1.67. The van der Waals surface area contributed by atoms with Crippen molar-refractivity contribution in [2.24, 2.45) is 0 Å². The summed E-state index contributed by atoms with van der Waals surface area (Å²) >= 11 is 0. The number of benzene rings is 1. The standard InChI is InChI=1S/C15H24OSi/c1-13(10-11-17(2,3)4)12-15(16)14-8-6-5-7-9-14/h5-9,12,15-16H,10-11H2,1-4H3/b13-12+. The second-order valence-electron chi connectivity index (χ2n) is 5.93. The van der Waals surface area contributed by atoms with Crippen molar-refractivity contribution in [3.05, 3.63) is 47.5 Å². The van der Waals surface area contributed by atoms with Gasteiger partial charge in [0, 0.05) is 8.07 Å². The molecule has 1 aromatic carbocycles. The lowest BCUT2D eigenvalue weighted by Crippen LogP contribution is -2.18. The summed E-state index contributed by atoms with van der Waals surface area (Å²) in [5, 5.41) is 10.1. The molecule has 0 aromatic heterocycles. The molecule has 1 atom stereocenters. The Labute approximate surface area is 106 Å². The summed E-state index contributed by atoms with van der Waals surface area (Å²) in [5.41, 5.74) is 2.27. The Balaban J connectivity index is 2.57. The van der Waals surface area contributed by atoms with Gasteiger partial charge >= 0.3 is 0 Å². The highest BCUT2D eigenvalue weighted by atomic mass is 28.3. The van der Waals surface area contributed by atoms with Crippen LogP contribution in [0.3, 0.4) is 0 Å². The normalized spacial score (nSPS) is 14.8. The minimum Gasteiger partial charge on any atom is -0.384 e. The van der Waals surface area contributed by atoms with Gasteiger partial charge < -0.3 is 5.11 Å². The van der Waals surface area contributed by atoms with Gasteiger partial charge in [-0.2, -0.15) is 0 Å². The SMILES string of the molecule is C/C(=C\C(O)c1ccccc1)CC[Si](C)(C)C. The molecule has 0 spiro atoms. The second-order valence-corrected chi connectivity index (χ2v) is 11.6. The third kappa shape index (κ3) is 5.85. The van der Waals surface area contributed by atoms with Crippen LogP contribution in [-0.4, -0.2) is 13.2 Å². The molecule has 0 heterocycles. The number of aliphatic hydroxyl groups excluding tert-OH is 1. The van der Waals surface area contributed by atoms with Crippen molar-refractivity contribution in [2.75, 3.05) is 0 Å². The topological polar surface area (TPSA) is 20.2 Å². The molecular weight excluding hydrogens is 224 g/mol. The van der Waals surface area contributed by atoms with Crippen molar-refractivity contribution in [1.82, 2.24) is 0 Å². The summed E-state index contributed by atoms with van der Waals surface area (Å²) in [6.07, 6.45) is 2.63. The summed E-state index contributed by atoms with van der Waals surface area (Å²) in [4.78, 5) is 0. The van der Waals surface area contributed by atoms with Crippen LogP contribution >= 0.6 is 0 Å². The van der Waals surface area contributed by atoms with Crippen molar-refractivity contribution in [3.63, 3.8) is 0 Å². The molecule has 0 bridgehead atoms. The number of hydrogen-bond acceptors (Lipinski definition) is 1. The van der Waals surface area contributed by atoms with E-state index in [1.807, 2.05) is 36.4 Å². The summed E-state index contributed by atoms with van der Waals surface area (Å²) in [6.45, 7) is 9.27. The summed E-state index contributed by atoms with van der Waals surface area (Å²) < 4.78 is 0. The molecule has 17 heavy (non-hydrogen) atoms. The van der Waals surface area contributed by atoms with Crippen LogP contribution in [0.2, 0.25) is 25.7 Å². The van der Waals surface area contributed by atoms with Gasteiger partial charge in [0.1, 0.15) is 0 Å². The van der Waals surface area contributed by atoms with Gasteiger partial charge in [-0.1, -0.05) is 67.7 Å². The molecule has 1 nitrogen and oxygen atoms in total. The minimum atomic E-state index is -0.973. The first-order valence-corrected chi connectivity index (χ1v) is 9.99. The van der Waals surface area contributed by atoms with E-state index in [0.29, 0.717) is 0 Å². The van der Waals surface area contributed by atoms with Gasteiger partial charge in [-0.15, -0.1) is 0 Å². The Kier molecular flexibility index (Phi) is 5.16. The smallest absolute Gasteiger partial charge is 0.0974 e. The van der Waals surface area contributed by atoms with Gasteiger partial charge in [-0.3, -0.25) is 0 Å². The van der Waals surface area contributed by atoms with Gasteiger partial charge in [0.2, 0.25) is 0 Å². The van der Waals surface area contributed by atoms with Gasteiger partial charge in [0.25, 0.3) is 0 Å². The molecule has 0 saturated carbocycles. The molecule has 0 saturated heterocycles. The maximum Gasteiger partial charge on any atom is 0.0974 e. The maximum atomic E-state index is 10.1. The number of allylic oxidation sites excluding steroid dienone is 1. The molecule has 0 aliphatic heterocycles. The second kappa shape index (κ2) is 6.17. The average molecular weight is 248 g/mol. The number of aliphatic hydroxyl groups is 1. The number of rotatable bonds is 5. The van der Waals surface area contributed by atoms with E-state index in [1.54, 1.807) is 0 Å². The number of hydrogen-bond donors (Lipinski definition) is 1. The maximum absolute atomic E-state index is 10.1. The van der Waals surface area contributed by atoms with Crippen molar-refractivity contribution < 1.29 is 5.11 Å². The third-order valence-corrected chi connectivity index (χ3v) is 4.60. The third-order valence-electron chi connectivity index (χ3n) is 2.85. The van der Waals surface area contributed by atoms with E-state index < -0.39 is 14.2 Å². The molecule has 1 unspecified atom stereocenters. The van der Waals surface area contributed by atoms with Crippen LogP contribution in [0, 0.1) is 0 Å². The Morgan fingerprint density at radius 3 is 2.35 bits per heavy atom. The van der Waals surface area contributed by atoms with Gasteiger partial charge in [-0.25, -0.2) is 0 Å². The predicted octanol–water partition coefficient (Wildman–Crippen LogP) is 4.39. The van der Waals surface area contributed by atoms with Crippen molar-refractivity contribution >= 4 is 8.07 Å². The highest BCUT2D eigenvalue weighted by Gasteiger charge is 2.12. The largest absolute Gasteiger partial charge is 0.384 e. The van der Waals surface area contributed by atoms with Crippen molar-refractivity contribution in [3.8, 4) is 0 Å². The van der Waals surface area contributed by atoms with Gasteiger partial charge in [0.05, 0.1) is 6.10 Å². The van der Waals surface area contributed by atoms with Crippen molar-refractivity contribution in [2.45, 2.75) is 45.1 Å². The molecule has 0 aliphatic carbocycles. The van der Waals surface area contributed by atoms with Crippen LogP contribution in [0.25, 0.3) is 0 Å². The first-order valence-electron chi connectivity index (χ1n) is 6.29. The minimum absolute atomic E-state index is 0.460. The molecular formula is C15H24OSi. The Bertz CT molecular complexity index is 362. The Hall–Kier alpha value is -0.863. The average Bonchev–Trinajstić information content (AvgIpc) is 2.27. The van der Waals surface area contributed by atoms with Crippen LogP contribution in [-0.2, 0) is 0 Å². The van der Waals surface area contributed by atoms with Crippen LogP contribution in [0.1, 0.15) is 25.0 Å². The zero-order chi connectivity index (χ0) is 12.9. The molecule has 94 valence electrons. The lowest BCUT2D eigenvalue weighted by molar-refractivity contribution is 0.227. The molecule has 1 rings (SSSR count). The first kappa shape index (κ1) is 14.2. The van der Waals surface area contributed by atoms with Crippen LogP contribution in [0.15, 0.2) is 42.0 Å². The fraction of sp³-hybridized carbons (Fsp3) is 0.467. The monoisotopic (exact) mass is 248 g/mol. The van der Waals surface area contributed by atoms with E-state index in [-0.39, 0.29) is 0 Å². The predicted molar refractivity (Wildman–Crippen MR) is 77.9 cm³/mol. The summed E-state index contributed by atoms with van der Waals surface area (Å²) in [5.74, 6) is 0. The Morgan fingerprint density at radius 2 is 1.82 bits per heavy atom. The highest BCUT2D eigenvalue weighted by molar-refractivity contribution is 6.76. The molecule has 0 radical (unpaired) electrons. The zero-order valence-corrected chi connectivity index (χ0v) is 12.4. The van der Waals surface area contributed by atoms with Crippen LogP contribution in [0.5, 0.6) is 0 Å². The quantitative estimate of drug-likeness (QED) is 0.605. The molecule has 0 fully saturated rings. The van der Waals surface area contributed by atoms with E-state index in [1.165, 1.54) is 11.6 Å². The lowest BCUT2D eigenvalue weighted by Gasteiger charge is -2.16. The highest BCUT2D eigenvalue weighted by Crippen LogP contribution is 2.20. The van der Waals surface area contributed by atoms with E-state index in [0.717, 1.165) is 12.0 Å². The van der Waals surface area contributed by atoms with E-state index in [4.69, 9.17) is 0 Å². The summed E-state index contributed by atoms with van der Waals surface area (Å²) in [6, 6.07) is 11.1. The van der Waals surface area contributed by atoms with E-state index in [2.05, 4.69) is 26.6 Å². The fourth-order valence-corrected chi connectivity index (χ4v) is 2.82. The molecule has 2 heteroatoms. The first-order chi connectivity index (χ1) is 7.88. The van der Waals surface area contributed by atoms with E-state index in [9.17, 15) is 5.11 Å². The molecule has 1 aromatic rings. The van der Waals surface area contributed by atoms with Crippen LogP contribution < -0.4 is 0 Å². The molecule has 0 amide bonds. The van der Waals surface area contributed by atoms with Crippen LogP contribution in [0.4, 0.5) is 0 Å². The van der Waals surface area contributed by atoms with Crippen molar-refractivity contribution in [1.29, 1.82) is 0 Å². The molecule has 0 aliphatic rings. The summed E-state index contributed by atoms with van der Waals surface area (Å²) in [7, 11) is -0.973. The molecule has 1 N–H and O–H groups in total. The van der Waals surface area contributed by atoms with Gasteiger partial charge in [0.15, 0.2) is 0 Å². The van der Waals surface area contributed by atoms with Gasteiger partial charge in [-0.05, 0) is 18.9 Å². The Morgan fingerprint density at radius 1 is 1.24 bits per heavy atom. The zero-order valence-electron chi connectivity index (χ0n) is 11.4. The lowest BCUT2D eigenvalue weighted by atomic mass is 10.1. The van der Waals surface area contributed by atoms with E-state index >= 15 is 0 Å².